The largest absolute Gasteiger partial charge is 0.350 e. The van der Waals surface area contributed by atoms with Gasteiger partial charge in [0.2, 0.25) is 5.91 Å². The molecule has 18 heavy (non-hydrogen) atoms. The van der Waals surface area contributed by atoms with Crippen LogP contribution in [-0.2, 0) is 11.3 Å². The van der Waals surface area contributed by atoms with Gasteiger partial charge in [-0.3, -0.25) is 4.79 Å². The van der Waals surface area contributed by atoms with Crippen LogP contribution < -0.4 is 10.6 Å². The van der Waals surface area contributed by atoms with Crippen molar-refractivity contribution >= 4 is 5.91 Å². The van der Waals surface area contributed by atoms with Crippen molar-refractivity contribution < 1.29 is 4.79 Å². The molecular weight excluding hydrogens is 228 g/mol. The number of nitrogens with zero attached hydrogens (tertiary/aromatic N) is 2. The van der Waals surface area contributed by atoms with Crippen LogP contribution in [0.3, 0.4) is 0 Å². The first-order valence-corrected chi connectivity index (χ1v) is 6.17. The Morgan fingerprint density at radius 3 is 2.72 bits per heavy atom. The predicted octanol–water partition coefficient (Wildman–Crippen LogP) is 1.18. The van der Waals surface area contributed by atoms with E-state index in [4.69, 9.17) is 0 Å². The molecule has 2 N–H and O–H groups in total. The highest BCUT2D eigenvalue weighted by Crippen LogP contribution is 1.98. The van der Waals surface area contributed by atoms with Crippen LogP contribution in [0.2, 0.25) is 0 Å². The van der Waals surface area contributed by atoms with E-state index < -0.39 is 0 Å². The monoisotopic (exact) mass is 250 g/mol. The van der Waals surface area contributed by atoms with E-state index in [1.165, 1.54) is 0 Å². The van der Waals surface area contributed by atoms with Crippen LogP contribution in [-0.4, -0.2) is 28.0 Å². The Morgan fingerprint density at radius 1 is 1.39 bits per heavy atom. The number of hydrogen-bond acceptors (Lipinski definition) is 4. The topological polar surface area (TPSA) is 66.9 Å². The Morgan fingerprint density at radius 2 is 2.11 bits per heavy atom. The zero-order chi connectivity index (χ0) is 13.6. The molecule has 5 nitrogen and oxygen atoms in total. The van der Waals surface area contributed by atoms with E-state index in [-0.39, 0.29) is 11.4 Å². The van der Waals surface area contributed by atoms with Gasteiger partial charge in [0.25, 0.3) is 0 Å². The zero-order valence-corrected chi connectivity index (χ0v) is 11.6. The highest BCUT2D eigenvalue weighted by atomic mass is 16.1. The van der Waals surface area contributed by atoms with Gasteiger partial charge in [0, 0.05) is 24.7 Å². The van der Waals surface area contributed by atoms with Crippen LogP contribution in [0.15, 0.2) is 12.3 Å². The van der Waals surface area contributed by atoms with Gasteiger partial charge in [-0.15, -0.1) is 0 Å². The normalized spacial score (nSPS) is 11.3. The second-order valence-electron chi connectivity index (χ2n) is 5.30. The standard InChI is InChI=1S/C13H22N4O/c1-10-14-7-5-11(17-10)9-15-12(18)6-8-16-13(2,3)4/h5,7,16H,6,8-9H2,1-4H3,(H,15,18). The first-order valence-electron chi connectivity index (χ1n) is 6.17. The van der Waals surface area contributed by atoms with Crippen LogP contribution in [0.5, 0.6) is 0 Å². The quantitative estimate of drug-likeness (QED) is 0.823. The van der Waals surface area contributed by atoms with E-state index in [0.29, 0.717) is 19.5 Å². The third kappa shape index (κ3) is 6.30. The fraction of sp³-hybridized carbons (Fsp3) is 0.615. The Kier molecular flexibility index (Phi) is 5.22. The Bertz CT molecular complexity index is 398. The number of aryl methyl sites for hydroxylation is 1. The Balaban J connectivity index is 2.25. The van der Waals surface area contributed by atoms with Gasteiger partial charge >= 0.3 is 0 Å². The molecule has 1 rings (SSSR count). The van der Waals surface area contributed by atoms with Gasteiger partial charge in [0.05, 0.1) is 12.2 Å². The minimum atomic E-state index is 0.0306. The third-order valence-electron chi connectivity index (χ3n) is 2.31. The minimum Gasteiger partial charge on any atom is -0.350 e. The van der Waals surface area contributed by atoms with E-state index in [1.807, 2.05) is 6.92 Å². The second-order valence-corrected chi connectivity index (χ2v) is 5.30. The van der Waals surface area contributed by atoms with Crippen LogP contribution in [0.25, 0.3) is 0 Å². The van der Waals surface area contributed by atoms with E-state index >= 15 is 0 Å². The van der Waals surface area contributed by atoms with Crippen molar-refractivity contribution in [3.05, 3.63) is 23.8 Å². The minimum absolute atomic E-state index is 0.0306. The van der Waals surface area contributed by atoms with E-state index in [2.05, 4.69) is 41.4 Å². The number of amides is 1. The molecule has 0 radical (unpaired) electrons. The van der Waals surface area contributed by atoms with E-state index in [1.54, 1.807) is 12.3 Å². The van der Waals surface area contributed by atoms with Crippen LogP contribution in [0, 0.1) is 6.92 Å². The number of carbonyl (C=O) groups is 1. The van der Waals surface area contributed by atoms with Crippen molar-refractivity contribution in [1.82, 2.24) is 20.6 Å². The summed E-state index contributed by atoms with van der Waals surface area (Å²) in [5.74, 6) is 0.749. The molecule has 0 unspecified atom stereocenters. The molecular formula is C13H22N4O. The summed E-state index contributed by atoms with van der Waals surface area (Å²) in [6.45, 7) is 9.20. The van der Waals surface area contributed by atoms with Crippen molar-refractivity contribution in [2.45, 2.75) is 46.2 Å². The summed E-state index contributed by atoms with van der Waals surface area (Å²) in [6, 6.07) is 1.81. The lowest BCUT2D eigenvalue weighted by Gasteiger charge is -2.20. The SMILES string of the molecule is Cc1nccc(CNC(=O)CCNC(C)(C)C)n1. The van der Waals surface area contributed by atoms with Gasteiger partial charge in [-0.1, -0.05) is 0 Å². The molecule has 0 bridgehead atoms. The van der Waals surface area contributed by atoms with Gasteiger partial charge in [-0.05, 0) is 33.8 Å². The molecule has 0 spiro atoms. The lowest BCUT2D eigenvalue weighted by Crippen LogP contribution is -2.38. The molecule has 1 amide bonds. The predicted molar refractivity (Wildman–Crippen MR) is 71.0 cm³/mol. The van der Waals surface area contributed by atoms with Crippen molar-refractivity contribution in [1.29, 1.82) is 0 Å². The summed E-state index contributed by atoms with van der Waals surface area (Å²) in [6.07, 6.45) is 2.17. The summed E-state index contributed by atoms with van der Waals surface area (Å²) in [4.78, 5) is 19.8. The summed E-state index contributed by atoms with van der Waals surface area (Å²) in [5.41, 5.74) is 0.879. The molecule has 0 atom stereocenters. The third-order valence-corrected chi connectivity index (χ3v) is 2.31. The fourth-order valence-corrected chi connectivity index (χ4v) is 1.43. The molecule has 5 heteroatoms. The zero-order valence-electron chi connectivity index (χ0n) is 11.6. The summed E-state index contributed by atoms with van der Waals surface area (Å²) in [5, 5.41) is 6.12. The molecule has 1 aromatic rings. The lowest BCUT2D eigenvalue weighted by molar-refractivity contribution is -0.121. The molecule has 0 fully saturated rings. The maximum atomic E-state index is 11.6. The molecule has 1 heterocycles. The Labute approximate surface area is 108 Å². The lowest BCUT2D eigenvalue weighted by atomic mass is 10.1. The molecule has 100 valence electrons. The summed E-state index contributed by atoms with van der Waals surface area (Å²) < 4.78 is 0. The van der Waals surface area contributed by atoms with Crippen molar-refractivity contribution in [2.75, 3.05) is 6.54 Å². The van der Waals surface area contributed by atoms with Crippen LogP contribution in [0.4, 0.5) is 0 Å². The maximum absolute atomic E-state index is 11.6. The summed E-state index contributed by atoms with van der Waals surface area (Å²) in [7, 11) is 0. The maximum Gasteiger partial charge on any atom is 0.221 e. The Hall–Kier alpha value is -1.49. The van der Waals surface area contributed by atoms with Gasteiger partial charge < -0.3 is 10.6 Å². The number of carbonyl (C=O) groups excluding carboxylic acids is 1. The number of aromatic nitrogens is 2. The molecule has 0 saturated carbocycles. The van der Waals surface area contributed by atoms with Crippen molar-refractivity contribution in [2.24, 2.45) is 0 Å². The van der Waals surface area contributed by atoms with Gasteiger partial charge in [-0.25, -0.2) is 9.97 Å². The molecule has 0 aliphatic rings. The van der Waals surface area contributed by atoms with E-state index in [9.17, 15) is 4.79 Å². The molecule has 0 saturated heterocycles. The highest BCUT2D eigenvalue weighted by Gasteiger charge is 2.09. The molecule has 1 aromatic heterocycles. The number of nitrogens with one attached hydrogen (secondary N) is 2. The van der Waals surface area contributed by atoms with Crippen molar-refractivity contribution in [3.63, 3.8) is 0 Å². The fourth-order valence-electron chi connectivity index (χ4n) is 1.43. The molecule has 0 aliphatic heterocycles. The first-order chi connectivity index (χ1) is 8.37. The molecule has 0 aromatic carbocycles. The first kappa shape index (κ1) is 14.6. The van der Waals surface area contributed by atoms with Gasteiger partial charge in [0.1, 0.15) is 5.82 Å². The van der Waals surface area contributed by atoms with Crippen LogP contribution in [0.1, 0.15) is 38.7 Å². The number of hydrogen-bond donors (Lipinski definition) is 2. The van der Waals surface area contributed by atoms with E-state index in [0.717, 1.165) is 11.5 Å². The second kappa shape index (κ2) is 6.44. The molecule has 0 aliphatic carbocycles. The van der Waals surface area contributed by atoms with Crippen LogP contribution >= 0.6 is 0 Å². The average Bonchev–Trinajstić information content (AvgIpc) is 2.25. The summed E-state index contributed by atoms with van der Waals surface area (Å²) >= 11 is 0. The van der Waals surface area contributed by atoms with Gasteiger partial charge in [-0.2, -0.15) is 0 Å². The average molecular weight is 250 g/mol. The van der Waals surface area contributed by atoms with Gasteiger partial charge in [0.15, 0.2) is 0 Å². The smallest absolute Gasteiger partial charge is 0.221 e. The highest BCUT2D eigenvalue weighted by molar-refractivity contribution is 5.75. The van der Waals surface area contributed by atoms with Crippen molar-refractivity contribution in [3.8, 4) is 0 Å². The number of rotatable bonds is 5.